The number of halogens is 2. The lowest BCUT2D eigenvalue weighted by atomic mass is 10.0. The highest BCUT2D eigenvalue weighted by molar-refractivity contribution is 7.98. The van der Waals surface area contributed by atoms with Gasteiger partial charge in [0.05, 0.1) is 12.5 Å². The van der Waals surface area contributed by atoms with Crippen molar-refractivity contribution in [1.29, 1.82) is 5.26 Å². The average Bonchev–Trinajstić information content (AvgIpc) is 2.46. The van der Waals surface area contributed by atoms with Crippen molar-refractivity contribution in [3.63, 3.8) is 0 Å². The van der Waals surface area contributed by atoms with E-state index in [0.717, 1.165) is 26.2 Å². The van der Waals surface area contributed by atoms with Crippen molar-refractivity contribution in [1.82, 2.24) is 10.2 Å². The summed E-state index contributed by atoms with van der Waals surface area (Å²) in [5, 5.41) is 12.4. The molecule has 0 radical (unpaired) electrons. The van der Waals surface area contributed by atoms with E-state index in [9.17, 15) is 0 Å². The third-order valence-electron chi connectivity index (χ3n) is 3.38. The fourth-order valence-corrected chi connectivity index (χ4v) is 2.77. The Morgan fingerprint density at radius 1 is 1.25 bits per heavy atom. The van der Waals surface area contributed by atoms with Gasteiger partial charge in [-0.05, 0) is 24.0 Å². The van der Waals surface area contributed by atoms with Crippen LogP contribution in [0.3, 0.4) is 0 Å². The summed E-state index contributed by atoms with van der Waals surface area (Å²) >= 11 is 1.75. The van der Waals surface area contributed by atoms with Crippen molar-refractivity contribution >= 4 is 36.6 Å². The van der Waals surface area contributed by atoms with Crippen LogP contribution in [-0.4, -0.2) is 37.3 Å². The van der Waals surface area contributed by atoms with Gasteiger partial charge < -0.3 is 5.32 Å². The van der Waals surface area contributed by atoms with Crippen LogP contribution in [-0.2, 0) is 0 Å². The van der Waals surface area contributed by atoms with E-state index in [4.69, 9.17) is 5.26 Å². The van der Waals surface area contributed by atoms with Gasteiger partial charge in [0, 0.05) is 37.1 Å². The number of nitrogens with one attached hydrogen (secondary N) is 1. The number of nitriles is 1. The van der Waals surface area contributed by atoms with Crippen LogP contribution >= 0.6 is 36.6 Å². The molecule has 0 aromatic heterocycles. The summed E-state index contributed by atoms with van der Waals surface area (Å²) in [6.07, 6.45) is 2.65. The summed E-state index contributed by atoms with van der Waals surface area (Å²) in [5.41, 5.74) is 1.26. The maximum Gasteiger partial charge on any atom is 0.0641 e. The van der Waals surface area contributed by atoms with Gasteiger partial charge in [0.25, 0.3) is 0 Å². The normalized spacial score (nSPS) is 16.4. The molecule has 1 fully saturated rings. The van der Waals surface area contributed by atoms with Gasteiger partial charge in [-0.3, -0.25) is 4.90 Å². The maximum absolute atomic E-state index is 9.03. The Hall–Kier alpha value is -0.440. The third-order valence-corrected chi connectivity index (χ3v) is 4.12. The Bertz CT molecular complexity index is 413. The molecule has 0 aliphatic carbocycles. The molecule has 1 aromatic carbocycles. The Morgan fingerprint density at radius 2 is 1.85 bits per heavy atom. The minimum absolute atomic E-state index is 0. The highest BCUT2D eigenvalue weighted by Gasteiger charge is 2.21. The molecule has 6 heteroatoms. The van der Waals surface area contributed by atoms with Crippen molar-refractivity contribution in [2.24, 2.45) is 0 Å². The van der Waals surface area contributed by atoms with Crippen molar-refractivity contribution in [3.8, 4) is 6.07 Å². The van der Waals surface area contributed by atoms with Crippen molar-refractivity contribution in [2.75, 3.05) is 32.4 Å². The van der Waals surface area contributed by atoms with Crippen LogP contribution < -0.4 is 5.32 Å². The smallest absolute Gasteiger partial charge is 0.0641 e. The molecule has 3 nitrogen and oxygen atoms in total. The van der Waals surface area contributed by atoms with Crippen molar-refractivity contribution in [3.05, 3.63) is 29.8 Å². The molecular weight excluding hydrogens is 313 g/mol. The number of thioether (sulfide) groups is 1. The predicted octanol–water partition coefficient (Wildman–Crippen LogP) is 3.11. The molecule has 0 spiro atoms. The van der Waals surface area contributed by atoms with Gasteiger partial charge in [-0.15, -0.1) is 36.6 Å². The largest absolute Gasteiger partial charge is 0.314 e. The first-order valence-corrected chi connectivity index (χ1v) is 7.53. The molecule has 0 bridgehead atoms. The fraction of sp³-hybridized carbons (Fsp3) is 0.500. The summed E-state index contributed by atoms with van der Waals surface area (Å²) in [6.45, 7) is 4.09. The van der Waals surface area contributed by atoms with Crippen molar-refractivity contribution < 1.29 is 0 Å². The Balaban J connectivity index is 0.00000180. The number of hydrogen-bond donors (Lipinski definition) is 1. The van der Waals surface area contributed by atoms with E-state index >= 15 is 0 Å². The molecule has 1 aliphatic rings. The van der Waals surface area contributed by atoms with Crippen LogP contribution in [0.4, 0.5) is 0 Å². The molecule has 1 saturated heterocycles. The average molecular weight is 334 g/mol. The van der Waals surface area contributed by atoms with Crippen LogP contribution in [0.15, 0.2) is 29.2 Å². The van der Waals surface area contributed by atoms with E-state index in [0.29, 0.717) is 6.42 Å². The minimum Gasteiger partial charge on any atom is -0.314 e. The summed E-state index contributed by atoms with van der Waals surface area (Å²) < 4.78 is 0. The fourth-order valence-electron chi connectivity index (χ4n) is 2.36. The molecule has 112 valence electrons. The molecule has 1 N–H and O–H groups in total. The second-order valence-corrected chi connectivity index (χ2v) is 5.32. The molecule has 0 amide bonds. The van der Waals surface area contributed by atoms with E-state index in [1.165, 1.54) is 10.5 Å². The lowest BCUT2D eigenvalue weighted by molar-refractivity contribution is 0.175. The lowest BCUT2D eigenvalue weighted by Gasteiger charge is -2.34. The molecule has 1 aromatic rings. The number of nitrogens with zero attached hydrogens (tertiary/aromatic N) is 2. The van der Waals surface area contributed by atoms with Crippen LogP contribution in [0, 0.1) is 11.3 Å². The zero-order chi connectivity index (χ0) is 12.8. The first kappa shape index (κ1) is 19.6. The number of piperazine rings is 1. The van der Waals surface area contributed by atoms with Crippen LogP contribution in [0.1, 0.15) is 18.0 Å². The Morgan fingerprint density at radius 3 is 2.35 bits per heavy atom. The van der Waals surface area contributed by atoms with E-state index in [-0.39, 0.29) is 30.9 Å². The minimum atomic E-state index is 0. The quantitative estimate of drug-likeness (QED) is 0.859. The lowest BCUT2D eigenvalue weighted by Crippen LogP contribution is -2.45. The number of rotatable bonds is 4. The van der Waals surface area contributed by atoms with Gasteiger partial charge in [-0.1, -0.05) is 12.1 Å². The van der Waals surface area contributed by atoms with Gasteiger partial charge >= 0.3 is 0 Å². The molecule has 1 aliphatic heterocycles. The molecule has 0 unspecified atom stereocenters. The first-order chi connectivity index (χ1) is 8.85. The van der Waals surface area contributed by atoms with E-state index in [1.54, 1.807) is 11.8 Å². The molecule has 1 heterocycles. The monoisotopic (exact) mass is 333 g/mol. The zero-order valence-corrected chi connectivity index (χ0v) is 14.0. The van der Waals surface area contributed by atoms with Gasteiger partial charge in [-0.2, -0.15) is 5.26 Å². The molecular formula is C14H21Cl2N3S. The summed E-state index contributed by atoms with van der Waals surface area (Å²) in [4.78, 5) is 3.68. The Labute approximate surface area is 137 Å². The second-order valence-electron chi connectivity index (χ2n) is 4.44. The predicted molar refractivity (Wildman–Crippen MR) is 90.1 cm³/mol. The molecule has 1 atom stereocenters. The zero-order valence-electron chi connectivity index (χ0n) is 11.5. The number of hydrogen-bond acceptors (Lipinski definition) is 4. The topological polar surface area (TPSA) is 39.1 Å². The van der Waals surface area contributed by atoms with Crippen LogP contribution in [0.5, 0.6) is 0 Å². The SMILES string of the molecule is CSc1ccc([C@H](CC#N)N2CCNCC2)cc1.Cl.Cl. The summed E-state index contributed by atoms with van der Waals surface area (Å²) in [5.74, 6) is 0. The molecule has 20 heavy (non-hydrogen) atoms. The van der Waals surface area contributed by atoms with E-state index in [1.807, 2.05) is 0 Å². The second kappa shape index (κ2) is 10.3. The molecule has 2 rings (SSSR count). The summed E-state index contributed by atoms with van der Waals surface area (Å²) in [6, 6.07) is 11.2. The van der Waals surface area contributed by atoms with Gasteiger partial charge in [0.2, 0.25) is 0 Å². The molecule has 0 saturated carbocycles. The first-order valence-electron chi connectivity index (χ1n) is 6.31. The number of benzene rings is 1. The van der Waals surface area contributed by atoms with Crippen LogP contribution in [0.2, 0.25) is 0 Å². The van der Waals surface area contributed by atoms with Gasteiger partial charge in [-0.25, -0.2) is 0 Å². The standard InChI is InChI=1S/C14H19N3S.2ClH/c1-18-13-4-2-12(3-5-13)14(6-7-15)17-10-8-16-9-11-17;;/h2-5,14,16H,6,8-11H2,1H3;2*1H/t14-;;/m0../s1. The maximum atomic E-state index is 9.03. The van der Waals surface area contributed by atoms with Crippen molar-refractivity contribution in [2.45, 2.75) is 17.4 Å². The Kier molecular flexibility index (Phi) is 10.1. The summed E-state index contributed by atoms with van der Waals surface area (Å²) in [7, 11) is 0. The third kappa shape index (κ3) is 5.16. The van der Waals surface area contributed by atoms with Crippen LogP contribution in [0.25, 0.3) is 0 Å². The van der Waals surface area contributed by atoms with E-state index in [2.05, 4.69) is 46.8 Å². The van der Waals surface area contributed by atoms with Gasteiger partial charge in [0.15, 0.2) is 0 Å². The highest BCUT2D eigenvalue weighted by atomic mass is 35.5. The highest BCUT2D eigenvalue weighted by Crippen LogP contribution is 2.26. The van der Waals surface area contributed by atoms with Gasteiger partial charge in [0.1, 0.15) is 0 Å². The van der Waals surface area contributed by atoms with E-state index < -0.39 is 0 Å².